The van der Waals surface area contributed by atoms with Gasteiger partial charge in [0.05, 0.1) is 11.4 Å². The van der Waals surface area contributed by atoms with Gasteiger partial charge in [0, 0.05) is 34.6 Å². The Balaban J connectivity index is 1.63. The molecule has 0 saturated heterocycles. The second kappa shape index (κ2) is 7.16. The second-order valence-corrected chi connectivity index (χ2v) is 6.81. The summed E-state index contributed by atoms with van der Waals surface area (Å²) in [5, 5.41) is 20.5. The van der Waals surface area contributed by atoms with Crippen molar-refractivity contribution in [3.63, 3.8) is 0 Å². The molecule has 0 unspecified atom stereocenters. The molecule has 138 valence electrons. The van der Waals surface area contributed by atoms with Gasteiger partial charge in [0.2, 0.25) is 0 Å². The van der Waals surface area contributed by atoms with Crippen LogP contribution in [0.4, 0.5) is 0 Å². The van der Waals surface area contributed by atoms with Crippen LogP contribution in [-0.2, 0) is 0 Å². The molecule has 0 fully saturated rings. The van der Waals surface area contributed by atoms with E-state index in [-0.39, 0.29) is 11.5 Å². The van der Waals surface area contributed by atoms with Crippen molar-refractivity contribution >= 4 is 0 Å². The molecule has 0 amide bonds. The average Bonchev–Trinajstić information content (AvgIpc) is 2.72. The second-order valence-electron chi connectivity index (χ2n) is 6.81. The third-order valence-corrected chi connectivity index (χ3v) is 4.89. The maximum absolute atomic E-state index is 10.3. The van der Waals surface area contributed by atoms with Crippen molar-refractivity contribution in [1.82, 2.24) is 9.97 Å². The number of aromatic nitrogens is 2. The van der Waals surface area contributed by atoms with Gasteiger partial charge in [0.1, 0.15) is 11.5 Å². The van der Waals surface area contributed by atoms with Gasteiger partial charge >= 0.3 is 0 Å². The van der Waals surface area contributed by atoms with E-state index in [1.165, 1.54) is 0 Å². The molecule has 0 spiro atoms. The number of hydrogen-bond acceptors (Lipinski definition) is 4. The molecule has 2 heterocycles. The van der Waals surface area contributed by atoms with E-state index in [0.717, 1.165) is 44.8 Å². The minimum Gasteiger partial charge on any atom is -0.507 e. The van der Waals surface area contributed by atoms with Crippen LogP contribution in [0.2, 0.25) is 0 Å². The zero-order valence-corrected chi connectivity index (χ0v) is 15.7. The Morgan fingerprint density at radius 3 is 1.36 bits per heavy atom. The van der Waals surface area contributed by atoms with Crippen molar-refractivity contribution in [3.05, 3.63) is 84.2 Å². The summed E-state index contributed by atoms with van der Waals surface area (Å²) in [4.78, 5) is 9.01. The summed E-state index contributed by atoms with van der Waals surface area (Å²) in [5.41, 5.74) is 6.38. The minimum absolute atomic E-state index is 0.275. The number of phenols is 2. The highest BCUT2D eigenvalue weighted by Gasteiger charge is 2.10. The number of nitrogens with zero attached hydrogens (tertiary/aromatic N) is 2. The smallest absolute Gasteiger partial charge is 0.126 e. The highest BCUT2D eigenvalue weighted by Crippen LogP contribution is 2.33. The van der Waals surface area contributed by atoms with Crippen LogP contribution in [0.25, 0.3) is 33.6 Å². The molecule has 0 bridgehead atoms. The predicted molar refractivity (Wildman–Crippen MR) is 111 cm³/mol. The first-order valence-corrected chi connectivity index (χ1v) is 9.05. The number of rotatable bonds is 3. The number of benzene rings is 2. The molecule has 4 aromatic rings. The first-order valence-electron chi connectivity index (χ1n) is 9.05. The fourth-order valence-corrected chi connectivity index (χ4v) is 3.19. The van der Waals surface area contributed by atoms with Gasteiger partial charge in [-0.15, -0.1) is 0 Å². The lowest BCUT2D eigenvalue weighted by atomic mass is 10.0. The molecule has 0 aliphatic carbocycles. The lowest BCUT2D eigenvalue weighted by Gasteiger charge is -2.09. The maximum Gasteiger partial charge on any atom is 0.126 e. The fraction of sp³-hybridized carbons (Fsp3) is 0.0833. The molecule has 0 aliphatic heterocycles. The fourth-order valence-electron chi connectivity index (χ4n) is 3.19. The molecular formula is C24H20N2O2. The van der Waals surface area contributed by atoms with Crippen molar-refractivity contribution < 1.29 is 10.2 Å². The van der Waals surface area contributed by atoms with Gasteiger partial charge in [-0.2, -0.15) is 0 Å². The van der Waals surface area contributed by atoms with Crippen LogP contribution in [-0.4, -0.2) is 20.2 Å². The summed E-state index contributed by atoms with van der Waals surface area (Å²) in [7, 11) is 0. The van der Waals surface area contributed by atoms with E-state index in [1.54, 1.807) is 12.4 Å². The van der Waals surface area contributed by atoms with Crippen LogP contribution >= 0.6 is 0 Å². The van der Waals surface area contributed by atoms with Gasteiger partial charge in [-0.3, -0.25) is 9.97 Å². The lowest BCUT2D eigenvalue weighted by Crippen LogP contribution is -1.90. The summed E-state index contributed by atoms with van der Waals surface area (Å²) in [6.07, 6.45) is 3.48. The van der Waals surface area contributed by atoms with E-state index >= 15 is 0 Å². The van der Waals surface area contributed by atoms with Crippen LogP contribution in [0.3, 0.4) is 0 Å². The van der Waals surface area contributed by atoms with Gasteiger partial charge < -0.3 is 10.2 Å². The molecule has 0 saturated carbocycles. The van der Waals surface area contributed by atoms with Crippen LogP contribution in [0.15, 0.2) is 73.1 Å². The van der Waals surface area contributed by atoms with Gasteiger partial charge in [0.25, 0.3) is 0 Å². The topological polar surface area (TPSA) is 66.2 Å². The molecule has 4 heteroatoms. The zero-order valence-electron chi connectivity index (χ0n) is 15.7. The summed E-state index contributed by atoms with van der Waals surface area (Å²) in [6, 6.07) is 19.0. The van der Waals surface area contributed by atoms with Crippen molar-refractivity contribution in [2.45, 2.75) is 13.8 Å². The van der Waals surface area contributed by atoms with E-state index in [9.17, 15) is 10.2 Å². The zero-order chi connectivity index (χ0) is 19.7. The largest absolute Gasteiger partial charge is 0.507 e. The number of aryl methyl sites for hydroxylation is 2. The standard InChI is InChI=1S/C24H20N2O2/c1-15-5-3-7-19(23(15)27)17-9-11-21(25-13-17)22-12-10-18(14-26-22)20-8-4-6-16(2)24(20)28/h3-14,27-28H,1-2H3. The summed E-state index contributed by atoms with van der Waals surface area (Å²) < 4.78 is 0. The molecule has 4 rings (SSSR count). The summed E-state index contributed by atoms with van der Waals surface area (Å²) in [5.74, 6) is 0.551. The van der Waals surface area contributed by atoms with Crippen LogP contribution in [0.5, 0.6) is 11.5 Å². The molecule has 28 heavy (non-hydrogen) atoms. The third-order valence-electron chi connectivity index (χ3n) is 4.89. The Hall–Kier alpha value is -3.66. The number of para-hydroxylation sites is 2. The van der Waals surface area contributed by atoms with Crippen molar-refractivity contribution in [2.24, 2.45) is 0 Å². The van der Waals surface area contributed by atoms with Crippen LogP contribution < -0.4 is 0 Å². The predicted octanol–water partition coefficient (Wildman–Crippen LogP) is 5.51. The molecule has 2 aromatic carbocycles. The van der Waals surface area contributed by atoms with E-state index in [2.05, 4.69) is 9.97 Å². The maximum atomic E-state index is 10.3. The SMILES string of the molecule is Cc1cccc(-c2ccc(-c3ccc(-c4cccc(C)c4O)cn3)nc2)c1O. The Morgan fingerprint density at radius 1 is 0.571 bits per heavy atom. The minimum atomic E-state index is 0.275. The molecule has 0 radical (unpaired) electrons. The highest BCUT2D eigenvalue weighted by molar-refractivity contribution is 5.74. The van der Waals surface area contributed by atoms with Gasteiger partial charge in [0.15, 0.2) is 0 Å². The first-order chi connectivity index (χ1) is 13.5. The third kappa shape index (κ3) is 3.21. The van der Waals surface area contributed by atoms with Crippen molar-refractivity contribution in [2.75, 3.05) is 0 Å². The highest BCUT2D eigenvalue weighted by atomic mass is 16.3. The van der Waals surface area contributed by atoms with Gasteiger partial charge in [-0.05, 0) is 37.1 Å². The number of aromatic hydroxyl groups is 2. The van der Waals surface area contributed by atoms with E-state index in [0.29, 0.717) is 0 Å². The van der Waals surface area contributed by atoms with Crippen molar-refractivity contribution in [3.8, 4) is 45.1 Å². The van der Waals surface area contributed by atoms with Gasteiger partial charge in [-0.1, -0.05) is 48.5 Å². The average molecular weight is 368 g/mol. The Bertz CT molecular complexity index is 1040. The summed E-state index contributed by atoms with van der Waals surface area (Å²) >= 11 is 0. The summed E-state index contributed by atoms with van der Waals surface area (Å²) in [6.45, 7) is 3.75. The normalized spacial score (nSPS) is 10.8. The molecule has 2 N–H and O–H groups in total. The Kier molecular flexibility index (Phi) is 4.53. The first kappa shape index (κ1) is 17.7. The number of pyridine rings is 2. The molecule has 0 aliphatic rings. The molecule has 4 nitrogen and oxygen atoms in total. The van der Waals surface area contributed by atoms with Crippen LogP contribution in [0.1, 0.15) is 11.1 Å². The molecule has 2 aromatic heterocycles. The van der Waals surface area contributed by atoms with Gasteiger partial charge in [-0.25, -0.2) is 0 Å². The van der Waals surface area contributed by atoms with Crippen LogP contribution in [0, 0.1) is 13.8 Å². The number of hydrogen-bond donors (Lipinski definition) is 2. The molecular weight excluding hydrogens is 348 g/mol. The quantitative estimate of drug-likeness (QED) is 0.501. The van der Waals surface area contributed by atoms with E-state index in [4.69, 9.17) is 0 Å². The van der Waals surface area contributed by atoms with Crippen molar-refractivity contribution in [1.29, 1.82) is 0 Å². The monoisotopic (exact) mass is 368 g/mol. The Morgan fingerprint density at radius 2 is 1.00 bits per heavy atom. The van der Waals surface area contributed by atoms with E-state index < -0.39 is 0 Å². The number of phenolic OH excluding ortho intramolecular Hbond substituents is 2. The van der Waals surface area contributed by atoms with E-state index in [1.807, 2.05) is 74.5 Å². The molecule has 0 atom stereocenters. The lowest BCUT2D eigenvalue weighted by molar-refractivity contribution is 0.472. The Labute approximate surface area is 163 Å².